The van der Waals surface area contributed by atoms with Crippen LogP contribution in [-0.2, 0) is 13.0 Å². The number of hydrogen-bond acceptors (Lipinski definition) is 3. The van der Waals surface area contributed by atoms with Crippen LogP contribution in [0.15, 0.2) is 41.0 Å². The lowest BCUT2D eigenvalue weighted by Crippen LogP contribution is -2.43. The van der Waals surface area contributed by atoms with E-state index in [0.717, 1.165) is 29.9 Å². The van der Waals surface area contributed by atoms with E-state index >= 15 is 0 Å². The van der Waals surface area contributed by atoms with Gasteiger partial charge in [0, 0.05) is 13.1 Å². The van der Waals surface area contributed by atoms with E-state index in [-0.39, 0.29) is 17.9 Å². The number of urea groups is 1. The molecular formula is C19H24FN3O2. The minimum Gasteiger partial charge on any atom is -0.467 e. The molecule has 1 aliphatic carbocycles. The molecule has 5 nitrogen and oxygen atoms in total. The average Bonchev–Trinajstić information content (AvgIpc) is 3.22. The second-order valence-electron chi connectivity index (χ2n) is 6.65. The van der Waals surface area contributed by atoms with Gasteiger partial charge >= 0.3 is 6.03 Å². The Kier molecular flexibility index (Phi) is 5.38. The van der Waals surface area contributed by atoms with E-state index in [0.29, 0.717) is 19.5 Å². The van der Waals surface area contributed by atoms with Crippen LogP contribution in [0.2, 0.25) is 0 Å². The molecule has 0 fully saturated rings. The molecule has 0 radical (unpaired) electrons. The van der Waals surface area contributed by atoms with Crippen molar-refractivity contribution in [3.8, 4) is 0 Å². The first kappa shape index (κ1) is 17.5. The Morgan fingerprint density at radius 2 is 2.12 bits per heavy atom. The van der Waals surface area contributed by atoms with Crippen LogP contribution in [0.4, 0.5) is 9.18 Å². The number of nitrogens with zero attached hydrogens (tertiary/aromatic N) is 2. The number of hydrogen-bond donors (Lipinski definition) is 1. The van der Waals surface area contributed by atoms with Crippen LogP contribution in [0.3, 0.4) is 0 Å². The zero-order valence-electron chi connectivity index (χ0n) is 14.7. The molecule has 1 aromatic carbocycles. The van der Waals surface area contributed by atoms with E-state index < -0.39 is 0 Å². The summed E-state index contributed by atoms with van der Waals surface area (Å²) in [5.41, 5.74) is 1.61. The summed E-state index contributed by atoms with van der Waals surface area (Å²) in [6.45, 7) is 1.75. The van der Waals surface area contributed by atoms with Crippen LogP contribution in [0.1, 0.15) is 29.3 Å². The molecule has 1 aliphatic rings. The first-order valence-corrected chi connectivity index (χ1v) is 8.54. The number of carbonyl (C=O) groups is 1. The van der Waals surface area contributed by atoms with Gasteiger partial charge < -0.3 is 19.5 Å². The molecule has 2 aromatic rings. The molecule has 25 heavy (non-hydrogen) atoms. The van der Waals surface area contributed by atoms with Crippen LogP contribution < -0.4 is 5.32 Å². The van der Waals surface area contributed by atoms with E-state index in [1.807, 2.05) is 37.2 Å². The Labute approximate surface area is 147 Å². The van der Waals surface area contributed by atoms with Crippen molar-refractivity contribution in [2.45, 2.75) is 25.4 Å². The highest BCUT2D eigenvalue weighted by molar-refractivity contribution is 5.75. The quantitative estimate of drug-likeness (QED) is 0.875. The standard InChI is InChI=1S/C19H24FN3O2/c1-22(2)10-11-23(13-14-5-4-12-25-14)19(24)21-18-9-8-15-16(18)6-3-7-17(15)20/h3-7,12,18H,8-11,13H2,1-2H3,(H,21,24)/t18-/m1/s1. The fraction of sp³-hybridized carbons (Fsp3) is 0.421. The summed E-state index contributed by atoms with van der Waals surface area (Å²) in [4.78, 5) is 16.6. The van der Waals surface area contributed by atoms with Gasteiger partial charge in [0.05, 0.1) is 18.8 Å². The minimum absolute atomic E-state index is 0.142. The third-order valence-corrected chi connectivity index (χ3v) is 4.54. The van der Waals surface area contributed by atoms with Gasteiger partial charge in [0.2, 0.25) is 0 Å². The van der Waals surface area contributed by atoms with E-state index in [1.165, 1.54) is 6.07 Å². The highest BCUT2D eigenvalue weighted by atomic mass is 19.1. The monoisotopic (exact) mass is 345 g/mol. The van der Waals surface area contributed by atoms with Gasteiger partial charge in [0.15, 0.2) is 0 Å². The van der Waals surface area contributed by atoms with Crippen molar-refractivity contribution in [2.24, 2.45) is 0 Å². The number of nitrogens with one attached hydrogen (secondary N) is 1. The Hall–Kier alpha value is -2.34. The molecule has 0 saturated carbocycles. The van der Waals surface area contributed by atoms with E-state index in [2.05, 4.69) is 5.32 Å². The van der Waals surface area contributed by atoms with Crippen LogP contribution in [-0.4, -0.2) is 43.0 Å². The number of halogens is 1. The smallest absolute Gasteiger partial charge is 0.318 e. The van der Waals surface area contributed by atoms with E-state index in [4.69, 9.17) is 4.42 Å². The first-order valence-electron chi connectivity index (χ1n) is 8.54. The summed E-state index contributed by atoms with van der Waals surface area (Å²) in [6.07, 6.45) is 2.99. The van der Waals surface area contributed by atoms with Crippen molar-refractivity contribution >= 4 is 6.03 Å². The van der Waals surface area contributed by atoms with Crippen molar-refractivity contribution in [1.29, 1.82) is 0 Å². The predicted molar refractivity (Wildman–Crippen MR) is 93.7 cm³/mol. The molecule has 6 heteroatoms. The number of furan rings is 1. The first-order chi connectivity index (χ1) is 12.0. The molecule has 0 saturated heterocycles. The number of benzene rings is 1. The molecule has 0 bridgehead atoms. The molecule has 2 amide bonds. The lowest BCUT2D eigenvalue weighted by atomic mass is 10.1. The molecule has 1 atom stereocenters. The molecule has 0 aliphatic heterocycles. The summed E-state index contributed by atoms with van der Waals surface area (Å²) in [6, 6.07) is 8.45. The lowest BCUT2D eigenvalue weighted by molar-refractivity contribution is 0.180. The minimum atomic E-state index is -0.186. The SMILES string of the molecule is CN(C)CCN(Cc1ccco1)C(=O)N[C@@H]1CCc2c(F)cccc21. The Morgan fingerprint density at radius 3 is 2.84 bits per heavy atom. The Bertz CT molecular complexity index is 715. The Morgan fingerprint density at radius 1 is 1.28 bits per heavy atom. The van der Waals surface area contributed by atoms with E-state index in [1.54, 1.807) is 17.2 Å². The fourth-order valence-corrected chi connectivity index (χ4v) is 3.16. The second-order valence-corrected chi connectivity index (χ2v) is 6.65. The van der Waals surface area contributed by atoms with Crippen LogP contribution in [0.25, 0.3) is 0 Å². The molecule has 1 heterocycles. The van der Waals surface area contributed by atoms with Crippen LogP contribution >= 0.6 is 0 Å². The summed E-state index contributed by atoms with van der Waals surface area (Å²) in [5, 5.41) is 3.06. The number of fused-ring (bicyclic) bond motifs is 1. The largest absolute Gasteiger partial charge is 0.467 e. The summed E-state index contributed by atoms with van der Waals surface area (Å²) in [7, 11) is 3.94. The van der Waals surface area contributed by atoms with Crippen molar-refractivity contribution in [3.63, 3.8) is 0 Å². The fourth-order valence-electron chi connectivity index (χ4n) is 3.16. The van der Waals surface area contributed by atoms with E-state index in [9.17, 15) is 9.18 Å². The summed E-state index contributed by atoms with van der Waals surface area (Å²) >= 11 is 0. The van der Waals surface area contributed by atoms with Gasteiger partial charge in [0.1, 0.15) is 11.6 Å². The van der Waals surface area contributed by atoms with Crippen LogP contribution in [0.5, 0.6) is 0 Å². The number of carbonyl (C=O) groups excluding carboxylic acids is 1. The number of amides is 2. The van der Waals surface area contributed by atoms with Crippen molar-refractivity contribution in [1.82, 2.24) is 15.1 Å². The summed E-state index contributed by atoms with van der Waals surface area (Å²) < 4.78 is 19.3. The molecule has 0 unspecified atom stereocenters. The molecule has 1 aromatic heterocycles. The molecule has 1 N–H and O–H groups in total. The molecular weight excluding hydrogens is 321 g/mol. The van der Waals surface area contributed by atoms with Gasteiger partial charge in [-0.15, -0.1) is 0 Å². The predicted octanol–water partition coefficient (Wildman–Crippen LogP) is 3.18. The molecule has 0 spiro atoms. The number of likely N-dealkylation sites (N-methyl/N-ethyl adjacent to an activating group) is 1. The highest BCUT2D eigenvalue weighted by Crippen LogP contribution is 2.32. The lowest BCUT2D eigenvalue weighted by Gasteiger charge is -2.26. The molecule has 3 rings (SSSR count). The highest BCUT2D eigenvalue weighted by Gasteiger charge is 2.27. The van der Waals surface area contributed by atoms with Gasteiger partial charge in [-0.05, 0) is 56.3 Å². The van der Waals surface area contributed by atoms with Crippen molar-refractivity contribution in [3.05, 3.63) is 59.3 Å². The third-order valence-electron chi connectivity index (χ3n) is 4.54. The number of rotatable bonds is 6. The van der Waals surface area contributed by atoms with Gasteiger partial charge in [0.25, 0.3) is 0 Å². The normalized spacial score (nSPS) is 16.1. The zero-order chi connectivity index (χ0) is 17.8. The zero-order valence-corrected chi connectivity index (χ0v) is 14.7. The van der Waals surface area contributed by atoms with Crippen LogP contribution in [0, 0.1) is 5.82 Å². The van der Waals surface area contributed by atoms with Gasteiger partial charge in [-0.1, -0.05) is 12.1 Å². The average molecular weight is 345 g/mol. The second kappa shape index (κ2) is 7.70. The van der Waals surface area contributed by atoms with Gasteiger partial charge in [-0.2, -0.15) is 0 Å². The maximum absolute atomic E-state index is 13.9. The van der Waals surface area contributed by atoms with Crippen molar-refractivity contribution in [2.75, 3.05) is 27.2 Å². The maximum atomic E-state index is 13.9. The maximum Gasteiger partial charge on any atom is 0.318 e. The van der Waals surface area contributed by atoms with Crippen molar-refractivity contribution < 1.29 is 13.6 Å². The third kappa shape index (κ3) is 4.20. The Balaban J connectivity index is 1.69. The topological polar surface area (TPSA) is 48.7 Å². The van der Waals surface area contributed by atoms with Gasteiger partial charge in [-0.25, -0.2) is 9.18 Å². The van der Waals surface area contributed by atoms with Gasteiger partial charge in [-0.3, -0.25) is 0 Å². The molecule has 134 valence electrons. The summed E-state index contributed by atoms with van der Waals surface area (Å²) in [5.74, 6) is 0.557.